The normalized spacial score (nSPS) is 11.4. The minimum Gasteiger partial charge on any atom is -0.481 e. The molecule has 1 aromatic heterocycles. The summed E-state index contributed by atoms with van der Waals surface area (Å²) in [7, 11) is 0. The zero-order chi connectivity index (χ0) is 15.4. The summed E-state index contributed by atoms with van der Waals surface area (Å²) in [6, 6.07) is 5.61. The molecule has 0 fully saturated rings. The Balaban J connectivity index is 2.27. The van der Waals surface area contributed by atoms with Gasteiger partial charge in [-0.25, -0.2) is 4.98 Å². The van der Waals surface area contributed by atoms with Crippen molar-refractivity contribution in [2.75, 3.05) is 5.75 Å². The van der Waals surface area contributed by atoms with E-state index in [1.807, 2.05) is 18.2 Å². The number of fused-ring (bicyclic) bond motifs is 1. The van der Waals surface area contributed by atoms with Crippen LogP contribution in [0.25, 0.3) is 11.0 Å². The number of benzene rings is 1. The summed E-state index contributed by atoms with van der Waals surface area (Å²) < 4.78 is 2.10. The summed E-state index contributed by atoms with van der Waals surface area (Å²) in [5.41, 5.74) is 1.83. The maximum absolute atomic E-state index is 10.8. The van der Waals surface area contributed by atoms with Crippen molar-refractivity contribution >= 4 is 40.4 Å². The molecule has 4 nitrogen and oxygen atoms in total. The Kier molecular flexibility index (Phi) is 5.53. The van der Waals surface area contributed by atoms with Crippen LogP contribution >= 0.6 is 23.4 Å². The van der Waals surface area contributed by atoms with E-state index in [9.17, 15) is 4.79 Å². The summed E-state index contributed by atoms with van der Waals surface area (Å²) in [4.78, 5) is 15.3. The third-order valence-corrected chi connectivity index (χ3v) is 4.36. The largest absolute Gasteiger partial charge is 0.481 e. The Bertz CT molecular complexity index is 640. The number of thioether (sulfide) groups is 1. The number of carboxylic acid groups (broad SMARTS) is 1. The van der Waals surface area contributed by atoms with Crippen LogP contribution in [-0.2, 0) is 11.3 Å². The van der Waals surface area contributed by atoms with Crippen molar-refractivity contribution in [2.24, 2.45) is 5.92 Å². The van der Waals surface area contributed by atoms with Gasteiger partial charge in [-0.15, -0.1) is 0 Å². The van der Waals surface area contributed by atoms with Gasteiger partial charge >= 0.3 is 5.97 Å². The smallest absolute Gasteiger partial charge is 0.313 e. The molecule has 114 valence electrons. The maximum atomic E-state index is 10.8. The van der Waals surface area contributed by atoms with Gasteiger partial charge in [-0.2, -0.15) is 0 Å². The number of imidazole rings is 1. The van der Waals surface area contributed by atoms with Crippen LogP contribution < -0.4 is 0 Å². The lowest BCUT2D eigenvalue weighted by Gasteiger charge is -2.09. The molecule has 0 amide bonds. The lowest BCUT2D eigenvalue weighted by molar-refractivity contribution is -0.133. The van der Waals surface area contributed by atoms with Gasteiger partial charge in [-0.1, -0.05) is 37.2 Å². The summed E-state index contributed by atoms with van der Waals surface area (Å²) in [5.74, 6) is -0.163. The van der Waals surface area contributed by atoms with Gasteiger partial charge in [0.15, 0.2) is 5.16 Å². The zero-order valence-electron chi connectivity index (χ0n) is 12.2. The Morgan fingerprint density at radius 2 is 2.24 bits per heavy atom. The maximum Gasteiger partial charge on any atom is 0.313 e. The van der Waals surface area contributed by atoms with Crippen molar-refractivity contribution in [3.8, 4) is 0 Å². The highest BCUT2D eigenvalue weighted by atomic mass is 35.5. The van der Waals surface area contributed by atoms with Gasteiger partial charge in [0.25, 0.3) is 0 Å². The minimum atomic E-state index is -0.834. The highest BCUT2D eigenvalue weighted by Gasteiger charge is 2.13. The number of carbonyl (C=O) groups is 1. The number of carboxylic acids is 1. The van der Waals surface area contributed by atoms with Crippen LogP contribution in [0.15, 0.2) is 23.4 Å². The molecule has 0 saturated heterocycles. The summed E-state index contributed by atoms with van der Waals surface area (Å²) in [5, 5.41) is 10.2. The minimum absolute atomic E-state index is 0.0151. The monoisotopic (exact) mass is 326 g/mol. The van der Waals surface area contributed by atoms with E-state index in [2.05, 4.69) is 23.4 Å². The van der Waals surface area contributed by atoms with Gasteiger partial charge in [0, 0.05) is 11.6 Å². The van der Waals surface area contributed by atoms with Crippen molar-refractivity contribution in [1.29, 1.82) is 0 Å². The van der Waals surface area contributed by atoms with E-state index < -0.39 is 5.97 Å². The number of rotatable bonds is 7. The Hall–Kier alpha value is -1.20. The fourth-order valence-corrected chi connectivity index (χ4v) is 3.12. The highest BCUT2D eigenvalue weighted by molar-refractivity contribution is 7.99. The van der Waals surface area contributed by atoms with Crippen molar-refractivity contribution in [3.05, 3.63) is 23.2 Å². The molecule has 1 N–H and O–H groups in total. The first-order valence-electron chi connectivity index (χ1n) is 6.97. The molecule has 21 heavy (non-hydrogen) atoms. The summed E-state index contributed by atoms with van der Waals surface area (Å²) >= 11 is 7.26. The molecule has 6 heteroatoms. The fourth-order valence-electron chi connectivity index (χ4n) is 2.19. The Morgan fingerprint density at radius 3 is 2.90 bits per heavy atom. The van der Waals surface area contributed by atoms with Gasteiger partial charge < -0.3 is 9.67 Å². The fraction of sp³-hybridized carbons (Fsp3) is 0.467. The molecule has 0 atom stereocenters. The third-order valence-electron chi connectivity index (χ3n) is 3.16. The second-order valence-corrected chi connectivity index (χ2v) is 6.78. The van der Waals surface area contributed by atoms with E-state index >= 15 is 0 Å². The predicted molar refractivity (Wildman–Crippen MR) is 87.2 cm³/mol. The summed E-state index contributed by atoms with van der Waals surface area (Å²) in [6.07, 6.45) is 2.18. The van der Waals surface area contributed by atoms with E-state index in [4.69, 9.17) is 16.7 Å². The van der Waals surface area contributed by atoms with Gasteiger partial charge in [0.2, 0.25) is 0 Å². The molecule has 0 saturated carbocycles. The molecule has 0 unspecified atom stereocenters. The molecule has 0 aliphatic rings. The number of nitrogens with zero attached hydrogens (tertiary/aromatic N) is 2. The molecular formula is C15H19ClN2O2S. The predicted octanol–water partition coefficient (Wildman–Crippen LogP) is 4.30. The van der Waals surface area contributed by atoms with Crippen molar-refractivity contribution in [1.82, 2.24) is 9.55 Å². The molecule has 2 aromatic rings. The molecule has 0 radical (unpaired) electrons. The molecular weight excluding hydrogens is 308 g/mol. The number of hydrogen-bond donors (Lipinski definition) is 1. The number of halogens is 1. The van der Waals surface area contributed by atoms with Crippen LogP contribution in [0.3, 0.4) is 0 Å². The first-order chi connectivity index (χ1) is 9.97. The number of aliphatic carboxylic acids is 1. The average molecular weight is 327 g/mol. The van der Waals surface area contributed by atoms with Crippen LogP contribution in [0, 0.1) is 5.92 Å². The SMILES string of the molecule is CC(C)CCCn1c(SCC(=O)O)nc2cc(Cl)ccc21. The Morgan fingerprint density at radius 1 is 1.48 bits per heavy atom. The molecule has 2 rings (SSSR count). The quantitative estimate of drug-likeness (QED) is 0.771. The van der Waals surface area contributed by atoms with Crippen LogP contribution in [0.5, 0.6) is 0 Å². The summed E-state index contributed by atoms with van der Waals surface area (Å²) in [6.45, 7) is 5.25. The molecule has 0 aliphatic heterocycles. The van der Waals surface area contributed by atoms with Crippen LogP contribution in [0.1, 0.15) is 26.7 Å². The topological polar surface area (TPSA) is 55.1 Å². The number of aryl methyl sites for hydroxylation is 1. The molecule has 1 aromatic carbocycles. The molecule has 0 aliphatic carbocycles. The first kappa shape index (κ1) is 16.2. The molecule has 1 heterocycles. The van der Waals surface area contributed by atoms with Crippen LogP contribution in [-0.4, -0.2) is 26.4 Å². The van der Waals surface area contributed by atoms with E-state index in [1.54, 1.807) is 0 Å². The van der Waals surface area contributed by atoms with Gasteiger partial charge in [0.05, 0.1) is 16.8 Å². The Labute approximate surface area is 133 Å². The van der Waals surface area contributed by atoms with E-state index in [0.717, 1.165) is 35.6 Å². The lowest BCUT2D eigenvalue weighted by atomic mass is 10.1. The zero-order valence-corrected chi connectivity index (χ0v) is 13.7. The highest BCUT2D eigenvalue weighted by Crippen LogP contribution is 2.27. The van der Waals surface area contributed by atoms with E-state index in [-0.39, 0.29) is 5.75 Å². The van der Waals surface area contributed by atoms with Crippen LogP contribution in [0.4, 0.5) is 0 Å². The van der Waals surface area contributed by atoms with Gasteiger partial charge in [-0.3, -0.25) is 4.79 Å². The average Bonchev–Trinajstić information content (AvgIpc) is 2.73. The van der Waals surface area contributed by atoms with Crippen molar-refractivity contribution in [3.63, 3.8) is 0 Å². The van der Waals surface area contributed by atoms with Crippen molar-refractivity contribution < 1.29 is 9.90 Å². The van der Waals surface area contributed by atoms with Gasteiger partial charge in [0.1, 0.15) is 0 Å². The van der Waals surface area contributed by atoms with Gasteiger partial charge in [-0.05, 0) is 37.0 Å². The molecule has 0 bridgehead atoms. The van der Waals surface area contributed by atoms with E-state index in [1.165, 1.54) is 11.8 Å². The standard InChI is InChI=1S/C15H19ClN2O2S/c1-10(2)4-3-7-18-13-6-5-11(16)8-12(13)17-15(18)21-9-14(19)20/h5-6,8,10H,3-4,7,9H2,1-2H3,(H,19,20). The first-order valence-corrected chi connectivity index (χ1v) is 8.34. The second kappa shape index (κ2) is 7.18. The van der Waals surface area contributed by atoms with Crippen molar-refractivity contribution in [2.45, 2.75) is 38.4 Å². The van der Waals surface area contributed by atoms with E-state index in [0.29, 0.717) is 10.9 Å². The molecule has 0 spiro atoms. The number of hydrogen-bond acceptors (Lipinski definition) is 3. The lowest BCUT2D eigenvalue weighted by Crippen LogP contribution is -2.04. The number of aromatic nitrogens is 2. The third kappa shape index (κ3) is 4.38. The second-order valence-electron chi connectivity index (χ2n) is 5.40. The van der Waals surface area contributed by atoms with Crippen LogP contribution in [0.2, 0.25) is 5.02 Å².